The van der Waals surface area contributed by atoms with Crippen molar-refractivity contribution in [3.63, 3.8) is 0 Å². The lowest BCUT2D eigenvalue weighted by Crippen LogP contribution is -2.34. The fourth-order valence-electron chi connectivity index (χ4n) is 5.40. The topological polar surface area (TPSA) is 44.8 Å². The van der Waals surface area contributed by atoms with Crippen molar-refractivity contribution < 1.29 is 19.0 Å². The van der Waals surface area contributed by atoms with E-state index in [2.05, 4.69) is 6.92 Å². The van der Waals surface area contributed by atoms with Crippen LogP contribution in [0.5, 0.6) is 0 Å². The van der Waals surface area contributed by atoms with Crippen molar-refractivity contribution in [2.45, 2.75) is 109 Å². The molecule has 2 atom stereocenters. The third kappa shape index (κ3) is 6.88. The third-order valence-electron chi connectivity index (χ3n) is 7.04. The molecular formula is C24H40O4. The standard InChI is InChI=1S/C24H40O4/c1-3-4-5-6-19-7-9-20(10-8-19)21-11-13-22(14-12-21)28-24-16-15-23(17-26-24)27-18(2)25/h15-16,19-24H,3-14,17H2,1-2H3. The van der Waals surface area contributed by atoms with E-state index in [1.807, 2.05) is 12.2 Å². The maximum atomic E-state index is 11.0. The molecule has 2 saturated carbocycles. The van der Waals surface area contributed by atoms with Crippen molar-refractivity contribution in [2.24, 2.45) is 17.8 Å². The second kappa shape index (κ2) is 11.3. The Morgan fingerprint density at radius 3 is 2.21 bits per heavy atom. The van der Waals surface area contributed by atoms with Gasteiger partial charge in [-0.15, -0.1) is 0 Å². The molecule has 0 radical (unpaired) electrons. The fourth-order valence-corrected chi connectivity index (χ4v) is 5.40. The Balaban J connectivity index is 1.31. The minimum absolute atomic E-state index is 0.272. The lowest BCUT2D eigenvalue weighted by molar-refractivity contribution is -0.177. The first-order valence-corrected chi connectivity index (χ1v) is 11.8. The Morgan fingerprint density at radius 1 is 0.964 bits per heavy atom. The number of ether oxygens (including phenoxy) is 3. The van der Waals surface area contributed by atoms with Crippen LogP contribution in [-0.4, -0.2) is 31.1 Å². The highest BCUT2D eigenvalue weighted by molar-refractivity contribution is 5.66. The fraction of sp³-hybridized carbons (Fsp3) is 0.875. The van der Waals surface area contributed by atoms with Crippen LogP contribution in [-0.2, 0) is 19.0 Å². The predicted octanol–water partition coefficient (Wildman–Crippen LogP) is 5.79. The molecule has 3 aliphatic rings. The summed E-state index contributed by atoms with van der Waals surface area (Å²) in [6, 6.07) is 0. The first kappa shape index (κ1) is 21.8. The Morgan fingerprint density at radius 2 is 1.64 bits per heavy atom. The molecule has 2 unspecified atom stereocenters. The van der Waals surface area contributed by atoms with Crippen molar-refractivity contribution in [2.75, 3.05) is 6.61 Å². The van der Waals surface area contributed by atoms with Crippen molar-refractivity contribution in [1.29, 1.82) is 0 Å². The number of carbonyl (C=O) groups excluding carboxylic acids is 1. The number of rotatable bonds is 8. The first-order chi connectivity index (χ1) is 13.6. The van der Waals surface area contributed by atoms with Gasteiger partial charge in [0.2, 0.25) is 0 Å². The Hall–Kier alpha value is -0.870. The zero-order chi connectivity index (χ0) is 19.8. The van der Waals surface area contributed by atoms with E-state index in [9.17, 15) is 4.79 Å². The Labute approximate surface area is 171 Å². The lowest BCUT2D eigenvalue weighted by atomic mass is 9.70. The van der Waals surface area contributed by atoms with Crippen LogP contribution in [0.3, 0.4) is 0 Å². The third-order valence-corrected chi connectivity index (χ3v) is 7.04. The van der Waals surface area contributed by atoms with Gasteiger partial charge in [-0.05, 0) is 68.4 Å². The molecule has 1 heterocycles. The van der Waals surface area contributed by atoms with Gasteiger partial charge in [0.25, 0.3) is 0 Å². The summed E-state index contributed by atoms with van der Waals surface area (Å²) in [4.78, 5) is 11.0. The average Bonchev–Trinajstić information content (AvgIpc) is 2.70. The number of esters is 1. The van der Waals surface area contributed by atoms with Gasteiger partial charge in [-0.3, -0.25) is 4.79 Å². The van der Waals surface area contributed by atoms with Gasteiger partial charge < -0.3 is 14.2 Å². The summed E-state index contributed by atoms with van der Waals surface area (Å²) < 4.78 is 17.0. The van der Waals surface area contributed by atoms with Crippen LogP contribution >= 0.6 is 0 Å². The molecule has 2 fully saturated rings. The van der Waals surface area contributed by atoms with Gasteiger partial charge in [0, 0.05) is 6.92 Å². The van der Waals surface area contributed by atoms with E-state index >= 15 is 0 Å². The molecule has 0 spiro atoms. The summed E-state index contributed by atoms with van der Waals surface area (Å²) in [6.45, 7) is 4.11. The smallest absolute Gasteiger partial charge is 0.303 e. The monoisotopic (exact) mass is 392 g/mol. The quantitative estimate of drug-likeness (QED) is 0.298. The lowest BCUT2D eigenvalue weighted by Gasteiger charge is -2.38. The summed E-state index contributed by atoms with van der Waals surface area (Å²) in [6.07, 6.45) is 20.0. The molecule has 0 N–H and O–H groups in total. The van der Waals surface area contributed by atoms with Gasteiger partial charge in [-0.2, -0.15) is 0 Å². The van der Waals surface area contributed by atoms with Crippen LogP contribution in [0, 0.1) is 17.8 Å². The maximum Gasteiger partial charge on any atom is 0.303 e. The minimum atomic E-state index is -0.285. The minimum Gasteiger partial charge on any atom is -0.456 e. The van der Waals surface area contributed by atoms with Gasteiger partial charge in [-0.1, -0.05) is 45.4 Å². The van der Waals surface area contributed by atoms with Crippen molar-refractivity contribution >= 4 is 5.97 Å². The van der Waals surface area contributed by atoms with Gasteiger partial charge in [-0.25, -0.2) is 0 Å². The number of carbonyl (C=O) groups is 1. The van der Waals surface area contributed by atoms with E-state index in [1.165, 1.54) is 71.1 Å². The summed E-state index contributed by atoms with van der Waals surface area (Å²) >= 11 is 0. The molecule has 0 aromatic heterocycles. The zero-order valence-electron chi connectivity index (χ0n) is 17.9. The molecular weight excluding hydrogens is 352 g/mol. The maximum absolute atomic E-state index is 11.0. The number of hydrogen-bond donors (Lipinski definition) is 0. The summed E-state index contributed by atoms with van der Waals surface area (Å²) in [7, 11) is 0. The summed E-state index contributed by atoms with van der Waals surface area (Å²) in [5, 5.41) is 0. The van der Waals surface area contributed by atoms with Gasteiger partial charge in [0.05, 0.1) is 12.7 Å². The van der Waals surface area contributed by atoms with E-state index in [0.717, 1.165) is 30.6 Å². The number of hydrogen-bond acceptors (Lipinski definition) is 4. The summed E-state index contributed by atoms with van der Waals surface area (Å²) in [5.41, 5.74) is 0. The van der Waals surface area contributed by atoms with Crippen molar-refractivity contribution in [3.8, 4) is 0 Å². The van der Waals surface area contributed by atoms with Crippen LogP contribution in [0.4, 0.5) is 0 Å². The van der Waals surface area contributed by atoms with Crippen LogP contribution in [0.1, 0.15) is 90.9 Å². The molecule has 28 heavy (non-hydrogen) atoms. The predicted molar refractivity (Wildman–Crippen MR) is 111 cm³/mol. The van der Waals surface area contributed by atoms with Crippen LogP contribution in [0.2, 0.25) is 0 Å². The van der Waals surface area contributed by atoms with Gasteiger partial charge >= 0.3 is 5.97 Å². The highest BCUT2D eigenvalue weighted by atomic mass is 16.7. The van der Waals surface area contributed by atoms with Crippen molar-refractivity contribution in [1.82, 2.24) is 0 Å². The molecule has 0 bridgehead atoms. The molecule has 0 amide bonds. The zero-order valence-corrected chi connectivity index (χ0v) is 17.9. The number of unbranched alkanes of at least 4 members (excludes halogenated alkanes) is 2. The molecule has 1 aliphatic heterocycles. The largest absolute Gasteiger partial charge is 0.456 e. The second-order valence-corrected chi connectivity index (χ2v) is 9.18. The SMILES string of the molecule is CCCCCC1CCC(C2CCC(OC3C=CC(OC(C)=O)CO3)CC2)CC1. The molecule has 3 rings (SSSR count). The first-order valence-electron chi connectivity index (χ1n) is 11.8. The Bertz CT molecular complexity index is 487. The molecule has 0 saturated heterocycles. The second-order valence-electron chi connectivity index (χ2n) is 9.18. The van der Waals surface area contributed by atoms with Gasteiger partial charge in [0.15, 0.2) is 6.29 Å². The molecule has 0 aromatic rings. The van der Waals surface area contributed by atoms with Crippen molar-refractivity contribution in [3.05, 3.63) is 12.2 Å². The summed E-state index contributed by atoms with van der Waals surface area (Å²) in [5.74, 6) is 2.60. The normalized spacial score (nSPS) is 36.2. The van der Waals surface area contributed by atoms with E-state index in [0.29, 0.717) is 12.7 Å². The molecule has 0 aromatic carbocycles. The van der Waals surface area contributed by atoms with Crippen LogP contribution in [0.15, 0.2) is 12.2 Å². The van der Waals surface area contributed by atoms with E-state index < -0.39 is 0 Å². The Kier molecular flexibility index (Phi) is 8.85. The highest BCUT2D eigenvalue weighted by Crippen LogP contribution is 2.41. The molecule has 160 valence electrons. The van der Waals surface area contributed by atoms with Crippen LogP contribution in [0.25, 0.3) is 0 Å². The molecule has 4 heteroatoms. The highest BCUT2D eigenvalue weighted by Gasteiger charge is 2.32. The van der Waals surface area contributed by atoms with Crippen LogP contribution < -0.4 is 0 Å². The van der Waals surface area contributed by atoms with Gasteiger partial charge in [0.1, 0.15) is 6.10 Å². The van der Waals surface area contributed by atoms with E-state index in [1.54, 1.807) is 0 Å². The molecule has 4 nitrogen and oxygen atoms in total. The van der Waals surface area contributed by atoms with E-state index in [-0.39, 0.29) is 18.4 Å². The molecule has 2 aliphatic carbocycles. The van der Waals surface area contributed by atoms with E-state index in [4.69, 9.17) is 14.2 Å². The average molecular weight is 393 g/mol.